The molecule has 3 rings (SSSR count). The van der Waals surface area contributed by atoms with Gasteiger partial charge in [0.15, 0.2) is 0 Å². The number of nitrogens with one attached hydrogen (secondary N) is 2. The quantitative estimate of drug-likeness (QED) is 0.769. The SMILES string of the molecule is COc1n[nH]c(NC(=O)c2cncc(-c3ccccc3)c2)n1. The van der Waals surface area contributed by atoms with E-state index in [4.69, 9.17) is 4.74 Å². The molecule has 0 aliphatic heterocycles. The third kappa shape index (κ3) is 2.93. The van der Waals surface area contributed by atoms with Crippen LogP contribution in [0.4, 0.5) is 5.95 Å². The Labute approximate surface area is 126 Å². The number of aromatic nitrogens is 4. The van der Waals surface area contributed by atoms with E-state index in [1.165, 1.54) is 13.3 Å². The molecule has 1 amide bonds. The fraction of sp³-hybridized carbons (Fsp3) is 0.0667. The second-order valence-corrected chi connectivity index (χ2v) is 4.45. The van der Waals surface area contributed by atoms with Crippen LogP contribution in [0.2, 0.25) is 0 Å². The van der Waals surface area contributed by atoms with Gasteiger partial charge in [-0.2, -0.15) is 4.98 Å². The Morgan fingerprint density at radius 2 is 2.00 bits per heavy atom. The number of aromatic amines is 1. The zero-order chi connectivity index (χ0) is 15.4. The number of carbonyl (C=O) groups is 1. The van der Waals surface area contributed by atoms with E-state index in [2.05, 4.69) is 25.5 Å². The van der Waals surface area contributed by atoms with E-state index < -0.39 is 0 Å². The van der Waals surface area contributed by atoms with Gasteiger partial charge in [-0.15, -0.1) is 5.10 Å². The fourth-order valence-electron chi connectivity index (χ4n) is 1.93. The number of H-pyrrole nitrogens is 1. The minimum atomic E-state index is -0.330. The lowest BCUT2D eigenvalue weighted by Crippen LogP contribution is -2.13. The summed E-state index contributed by atoms with van der Waals surface area (Å²) in [6, 6.07) is 11.6. The molecule has 0 saturated carbocycles. The minimum Gasteiger partial charge on any atom is -0.466 e. The molecule has 0 atom stereocenters. The minimum absolute atomic E-state index is 0.159. The van der Waals surface area contributed by atoms with Crippen molar-refractivity contribution < 1.29 is 9.53 Å². The Kier molecular flexibility index (Phi) is 3.78. The topological polar surface area (TPSA) is 92.8 Å². The maximum Gasteiger partial charge on any atom is 0.336 e. The standard InChI is InChI=1S/C15H13N5O2/c1-22-15-18-14(19-20-15)17-13(21)12-7-11(8-16-9-12)10-5-3-2-4-6-10/h2-9H,1H3,(H2,17,18,19,20,21). The largest absolute Gasteiger partial charge is 0.466 e. The lowest BCUT2D eigenvalue weighted by atomic mass is 10.1. The molecular weight excluding hydrogens is 282 g/mol. The number of nitrogens with zero attached hydrogens (tertiary/aromatic N) is 3. The van der Waals surface area contributed by atoms with Crippen LogP contribution in [-0.2, 0) is 0 Å². The Hall–Kier alpha value is -3.22. The van der Waals surface area contributed by atoms with E-state index >= 15 is 0 Å². The van der Waals surface area contributed by atoms with Crippen LogP contribution in [0.1, 0.15) is 10.4 Å². The van der Waals surface area contributed by atoms with Gasteiger partial charge in [-0.25, -0.2) is 5.10 Å². The summed E-state index contributed by atoms with van der Waals surface area (Å²) in [5.41, 5.74) is 2.28. The average Bonchev–Trinajstić information content (AvgIpc) is 3.03. The number of hydrogen-bond donors (Lipinski definition) is 2. The first-order valence-electron chi connectivity index (χ1n) is 6.54. The summed E-state index contributed by atoms with van der Waals surface area (Å²) in [6.45, 7) is 0. The first-order chi connectivity index (χ1) is 10.8. The van der Waals surface area contributed by atoms with Crippen LogP contribution < -0.4 is 10.1 Å². The number of anilines is 1. The number of benzene rings is 1. The van der Waals surface area contributed by atoms with Gasteiger partial charge in [0.25, 0.3) is 5.91 Å². The van der Waals surface area contributed by atoms with E-state index in [1.807, 2.05) is 30.3 Å². The van der Waals surface area contributed by atoms with Gasteiger partial charge in [-0.3, -0.25) is 15.1 Å². The van der Waals surface area contributed by atoms with Crippen molar-refractivity contribution in [1.29, 1.82) is 0 Å². The van der Waals surface area contributed by atoms with Gasteiger partial charge in [-0.05, 0) is 11.6 Å². The molecule has 2 aromatic heterocycles. The Morgan fingerprint density at radius 3 is 2.73 bits per heavy atom. The zero-order valence-electron chi connectivity index (χ0n) is 11.8. The van der Waals surface area contributed by atoms with Crippen LogP contribution >= 0.6 is 0 Å². The molecule has 0 unspecified atom stereocenters. The number of ether oxygens (including phenoxy) is 1. The Bertz CT molecular complexity index is 785. The number of rotatable bonds is 4. The monoisotopic (exact) mass is 295 g/mol. The molecule has 7 nitrogen and oxygen atoms in total. The molecule has 0 fully saturated rings. The van der Waals surface area contributed by atoms with Crippen molar-refractivity contribution in [2.75, 3.05) is 12.4 Å². The van der Waals surface area contributed by atoms with E-state index in [9.17, 15) is 4.79 Å². The molecule has 2 N–H and O–H groups in total. The number of methoxy groups -OCH3 is 1. The number of hydrogen-bond acceptors (Lipinski definition) is 5. The molecule has 0 radical (unpaired) electrons. The smallest absolute Gasteiger partial charge is 0.336 e. The summed E-state index contributed by atoms with van der Waals surface area (Å²) in [7, 11) is 1.45. The number of carbonyl (C=O) groups excluding carboxylic acids is 1. The summed E-state index contributed by atoms with van der Waals surface area (Å²) >= 11 is 0. The summed E-state index contributed by atoms with van der Waals surface area (Å²) in [5, 5.41) is 8.93. The van der Waals surface area contributed by atoms with Crippen molar-refractivity contribution in [3.8, 4) is 17.1 Å². The summed E-state index contributed by atoms with van der Waals surface area (Å²) in [4.78, 5) is 20.3. The molecule has 3 aromatic rings. The molecule has 0 saturated heterocycles. The second kappa shape index (κ2) is 6.04. The highest BCUT2D eigenvalue weighted by Gasteiger charge is 2.11. The van der Waals surface area contributed by atoms with Crippen molar-refractivity contribution in [3.63, 3.8) is 0 Å². The van der Waals surface area contributed by atoms with Gasteiger partial charge in [-0.1, -0.05) is 30.3 Å². The Morgan fingerprint density at radius 1 is 1.18 bits per heavy atom. The Balaban J connectivity index is 1.81. The van der Waals surface area contributed by atoms with Crippen LogP contribution in [0, 0.1) is 0 Å². The number of amides is 1. The zero-order valence-corrected chi connectivity index (χ0v) is 11.8. The molecule has 1 aromatic carbocycles. The van der Waals surface area contributed by atoms with Crippen LogP contribution in [0.15, 0.2) is 48.8 Å². The van der Waals surface area contributed by atoms with Crippen LogP contribution in [-0.4, -0.2) is 33.2 Å². The average molecular weight is 295 g/mol. The lowest BCUT2D eigenvalue weighted by Gasteiger charge is -2.04. The van der Waals surface area contributed by atoms with Crippen molar-refractivity contribution in [3.05, 3.63) is 54.4 Å². The van der Waals surface area contributed by atoms with Crippen molar-refractivity contribution in [2.24, 2.45) is 0 Å². The van der Waals surface area contributed by atoms with Gasteiger partial charge in [0, 0.05) is 18.0 Å². The van der Waals surface area contributed by atoms with Crippen LogP contribution in [0.25, 0.3) is 11.1 Å². The van der Waals surface area contributed by atoms with Gasteiger partial charge in [0.1, 0.15) is 0 Å². The van der Waals surface area contributed by atoms with E-state index in [-0.39, 0.29) is 17.9 Å². The van der Waals surface area contributed by atoms with Crippen molar-refractivity contribution in [2.45, 2.75) is 0 Å². The molecule has 2 heterocycles. The third-order valence-electron chi connectivity index (χ3n) is 2.99. The van der Waals surface area contributed by atoms with Gasteiger partial charge >= 0.3 is 6.01 Å². The van der Waals surface area contributed by atoms with E-state index in [1.54, 1.807) is 12.3 Å². The molecule has 0 aliphatic carbocycles. The number of pyridine rings is 1. The molecule has 7 heteroatoms. The highest BCUT2D eigenvalue weighted by atomic mass is 16.5. The highest BCUT2D eigenvalue weighted by Crippen LogP contribution is 2.19. The first-order valence-corrected chi connectivity index (χ1v) is 6.54. The van der Waals surface area contributed by atoms with Gasteiger partial charge < -0.3 is 4.74 Å². The van der Waals surface area contributed by atoms with Crippen molar-refractivity contribution in [1.82, 2.24) is 20.2 Å². The maximum atomic E-state index is 12.2. The fourth-order valence-corrected chi connectivity index (χ4v) is 1.93. The molecular formula is C15H13N5O2. The molecule has 0 bridgehead atoms. The summed E-state index contributed by atoms with van der Waals surface area (Å²) in [6.07, 6.45) is 3.21. The normalized spacial score (nSPS) is 10.2. The predicted octanol–water partition coefficient (Wildman–Crippen LogP) is 2.13. The molecule has 0 aliphatic rings. The molecule has 22 heavy (non-hydrogen) atoms. The third-order valence-corrected chi connectivity index (χ3v) is 2.99. The van der Waals surface area contributed by atoms with Gasteiger partial charge in [0.2, 0.25) is 5.95 Å². The highest BCUT2D eigenvalue weighted by molar-refractivity contribution is 6.03. The van der Waals surface area contributed by atoms with Gasteiger partial charge in [0.05, 0.1) is 12.7 Å². The lowest BCUT2D eigenvalue weighted by molar-refractivity contribution is 0.102. The maximum absolute atomic E-state index is 12.2. The predicted molar refractivity (Wildman–Crippen MR) is 80.6 cm³/mol. The van der Waals surface area contributed by atoms with Crippen molar-refractivity contribution >= 4 is 11.9 Å². The second-order valence-electron chi connectivity index (χ2n) is 4.45. The first kappa shape index (κ1) is 13.7. The van der Waals surface area contributed by atoms with Crippen LogP contribution in [0.3, 0.4) is 0 Å². The molecule has 110 valence electrons. The summed E-state index contributed by atoms with van der Waals surface area (Å²) < 4.78 is 4.84. The van der Waals surface area contributed by atoms with E-state index in [0.29, 0.717) is 5.56 Å². The summed E-state index contributed by atoms with van der Waals surface area (Å²) in [5.74, 6) is -0.115. The van der Waals surface area contributed by atoms with E-state index in [0.717, 1.165) is 11.1 Å². The van der Waals surface area contributed by atoms with Crippen LogP contribution in [0.5, 0.6) is 6.01 Å². The molecule has 0 spiro atoms.